The maximum atomic E-state index is 9.05. The van der Waals surface area contributed by atoms with Crippen LogP contribution in [-0.2, 0) is 0 Å². The summed E-state index contributed by atoms with van der Waals surface area (Å²) in [7, 11) is 0. The van der Waals surface area contributed by atoms with Gasteiger partial charge in [0.15, 0.2) is 0 Å². The average Bonchev–Trinajstić information content (AvgIpc) is 2.16. The predicted octanol–water partition coefficient (Wildman–Crippen LogP) is 3.43. The van der Waals surface area contributed by atoms with E-state index >= 15 is 0 Å². The van der Waals surface area contributed by atoms with Gasteiger partial charge in [-0.3, -0.25) is 0 Å². The van der Waals surface area contributed by atoms with E-state index in [0.717, 1.165) is 5.75 Å². The number of benzene rings is 1. The molecule has 76 valence electrons. The molecular formula is C11H13ClO2. The second-order valence-corrected chi connectivity index (χ2v) is 3.59. The summed E-state index contributed by atoms with van der Waals surface area (Å²) in [5, 5.41) is 9.73. The number of aliphatic hydroxyl groups excluding tert-OH is 1. The van der Waals surface area contributed by atoms with Crippen LogP contribution in [0.1, 0.15) is 6.92 Å². The SMILES string of the molecule is C=C(O)C(C)COc1ccc(Cl)cc1. The molecule has 0 aliphatic rings. The van der Waals surface area contributed by atoms with Crippen molar-refractivity contribution in [2.24, 2.45) is 5.92 Å². The molecule has 0 radical (unpaired) electrons. The van der Waals surface area contributed by atoms with E-state index < -0.39 is 0 Å². The molecule has 14 heavy (non-hydrogen) atoms. The van der Waals surface area contributed by atoms with Crippen LogP contribution in [0.5, 0.6) is 5.75 Å². The third kappa shape index (κ3) is 3.30. The summed E-state index contributed by atoms with van der Waals surface area (Å²) in [5.41, 5.74) is 0. The quantitative estimate of drug-likeness (QED) is 0.775. The summed E-state index contributed by atoms with van der Waals surface area (Å²) in [5.74, 6) is 0.812. The summed E-state index contributed by atoms with van der Waals surface area (Å²) in [6.45, 7) is 5.70. The van der Waals surface area contributed by atoms with Gasteiger partial charge in [-0.05, 0) is 24.3 Å². The van der Waals surface area contributed by atoms with E-state index in [1.165, 1.54) is 0 Å². The molecule has 1 N–H and O–H groups in total. The third-order valence-corrected chi connectivity index (χ3v) is 2.13. The maximum absolute atomic E-state index is 9.05. The minimum Gasteiger partial charge on any atom is -0.513 e. The Morgan fingerprint density at radius 1 is 1.50 bits per heavy atom. The van der Waals surface area contributed by atoms with Crippen LogP contribution in [0.3, 0.4) is 0 Å². The highest BCUT2D eigenvalue weighted by atomic mass is 35.5. The van der Waals surface area contributed by atoms with Crippen molar-refractivity contribution >= 4 is 11.6 Å². The molecule has 1 aromatic rings. The zero-order valence-electron chi connectivity index (χ0n) is 8.03. The summed E-state index contributed by atoms with van der Waals surface area (Å²) in [6.07, 6.45) is 0. The van der Waals surface area contributed by atoms with Crippen LogP contribution >= 0.6 is 11.6 Å². The van der Waals surface area contributed by atoms with Gasteiger partial charge in [0.2, 0.25) is 0 Å². The lowest BCUT2D eigenvalue weighted by atomic mass is 10.2. The van der Waals surface area contributed by atoms with Gasteiger partial charge in [-0.1, -0.05) is 25.1 Å². The molecule has 0 saturated carbocycles. The summed E-state index contributed by atoms with van der Waals surface area (Å²) >= 11 is 5.72. The standard InChI is InChI=1S/C11H13ClO2/c1-8(9(2)13)7-14-11-5-3-10(12)4-6-11/h3-6,8,13H,2,7H2,1H3. The zero-order chi connectivity index (χ0) is 10.6. The first-order valence-corrected chi connectivity index (χ1v) is 4.73. The monoisotopic (exact) mass is 212 g/mol. The van der Waals surface area contributed by atoms with Gasteiger partial charge in [0, 0.05) is 10.9 Å². The van der Waals surface area contributed by atoms with Crippen molar-refractivity contribution in [3.63, 3.8) is 0 Å². The van der Waals surface area contributed by atoms with Gasteiger partial charge in [0.25, 0.3) is 0 Å². The molecular weight excluding hydrogens is 200 g/mol. The van der Waals surface area contributed by atoms with Gasteiger partial charge < -0.3 is 9.84 Å². The summed E-state index contributed by atoms with van der Waals surface area (Å²) < 4.78 is 5.40. The lowest BCUT2D eigenvalue weighted by Crippen LogP contribution is -2.10. The highest BCUT2D eigenvalue weighted by Gasteiger charge is 2.05. The Balaban J connectivity index is 2.46. The van der Waals surface area contributed by atoms with E-state index in [-0.39, 0.29) is 11.7 Å². The molecule has 0 fully saturated rings. The number of ether oxygens (including phenoxy) is 1. The van der Waals surface area contributed by atoms with Gasteiger partial charge in [0.05, 0.1) is 12.4 Å². The fraction of sp³-hybridized carbons (Fsp3) is 0.273. The lowest BCUT2D eigenvalue weighted by Gasteiger charge is -2.11. The Bertz CT molecular complexity index is 306. The number of hydrogen-bond acceptors (Lipinski definition) is 2. The molecule has 2 nitrogen and oxygen atoms in total. The topological polar surface area (TPSA) is 29.5 Å². The van der Waals surface area contributed by atoms with Crippen molar-refractivity contribution in [3.05, 3.63) is 41.6 Å². The van der Waals surface area contributed by atoms with Gasteiger partial charge in [-0.2, -0.15) is 0 Å². The van der Waals surface area contributed by atoms with Crippen molar-refractivity contribution in [1.82, 2.24) is 0 Å². The number of hydrogen-bond donors (Lipinski definition) is 1. The van der Waals surface area contributed by atoms with E-state index in [1.54, 1.807) is 24.3 Å². The second-order valence-electron chi connectivity index (χ2n) is 3.16. The Hall–Kier alpha value is -1.15. The van der Waals surface area contributed by atoms with Crippen LogP contribution in [0.2, 0.25) is 5.02 Å². The van der Waals surface area contributed by atoms with Crippen molar-refractivity contribution in [2.75, 3.05) is 6.61 Å². The minimum atomic E-state index is -0.0642. The predicted molar refractivity (Wildman–Crippen MR) is 57.9 cm³/mol. The average molecular weight is 213 g/mol. The largest absolute Gasteiger partial charge is 0.513 e. The second kappa shape index (κ2) is 4.91. The molecule has 0 saturated heterocycles. The van der Waals surface area contributed by atoms with Crippen molar-refractivity contribution < 1.29 is 9.84 Å². The molecule has 3 heteroatoms. The van der Waals surface area contributed by atoms with Crippen LogP contribution in [0.25, 0.3) is 0 Å². The van der Waals surface area contributed by atoms with Crippen LogP contribution in [0.4, 0.5) is 0 Å². The molecule has 1 atom stereocenters. The Morgan fingerprint density at radius 3 is 2.57 bits per heavy atom. The first kappa shape index (κ1) is 10.9. The van der Waals surface area contributed by atoms with E-state index in [9.17, 15) is 0 Å². The van der Waals surface area contributed by atoms with E-state index in [1.807, 2.05) is 6.92 Å². The van der Waals surface area contributed by atoms with Gasteiger partial charge in [-0.25, -0.2) is 0 Å². The smallest absolute Gasteiger partial charge is 0.119 e. The van der Waals surface area contributed by atoms with Crippen LogP contribution < -0.4 is 4.74 Å². The molecule has 0 bridgehead atoms. The van der Waals surface area contributed by atoms with Crippen LogP contribution in [-0.4, -0.2) is 11.7 Å². The molecule has 0 heterocycles. The normalized spacial score (nSPS) is 12.1. The number of rotatable bonds is 4. The summed E-state index contributed by atoms with van der Waals surface area (Å²) in [4.78, 5) is 0. The third-order valence-electron chi connectivity index (χ3n) is 1.88. The summed E-state index contributed by atoms with van der Waals surface area (Å²) in [6, 6.07) is 7.09. The molecule has 1 unspecified atom stereocenters. The maximum Gasteiger partial charge on any atom is 0.119 e. The van der Waals surface area contributed by atoms with Gasteiger partial charge in [-0.15, -0.1) is 0 Å². The number of halogens is 1. The Kier molecular flexibility index (Phi) is 3.84. The fourth-order valence-corrected chi connectivity index (χ4v) is 0.974. The van der Waals surface area contributed by atoms with E-state index in [4.69, 9.17) is 21.4 Å². The van der Waals surface area contributed by atoms with Crippen LogP contribution in [0.15, 0.2) is 36.6 Å². The lowest BCUT2D eigenvalue weighted by molar-refractivity contribution is 0.233. The zero-order valence-corrected chi connectivity index (χ0v) is 8.79. The van der Waals surface area contributed by atoms with Crippen molar-refractivity contribution in [3.8, 4) is 5.75 Å². The highest BCUT2D eigenvalue weighted by Crippen LogP contribution is 2.16. The molecule has 0 aliphatic carbocycles. The highest BCUT2D eigenvalue weighted by molar-refractivity contribution is 6.30. The van der Waals surface area contributed by atoms with E-state index in [0.29, 0.717) is 11.6 Å². The number of aliphatic hydroxyl groups is 1. The fourth-order valence-electron chi connectivity index (χ4n) is 0.848. The first-order chi connectivity index (χ1) is 6.59. The molecule has 0 amide bonds. The van der Waals surface area contributed by atoms with E-state index in [2.05, 4.69) is 6.58 Å². The Morgan fingerprint density at radius 2 is 2.07 bits per heavy atom. The Labute approximate surface area is 88.8 Å². The molecule has 1 aromatic carbocycles. The van der Waals surface area contributed by atoms with Gasteiger partial charge in [0.1, 0.15) is 5.75 Å². The minimum absolute atomic E-state index is 0.0642. The molecule has 0 spiro atoms. The van der Waals surface area contributed by atoms with Gasteiger partial charge >= 0.3 is 0 Å². The van der Waals surface area contributed by atoms with Crippen molar-refractivity contribution in [1.29, 1.82) is 0 Å². The molecule has 0 aliphatic heterocycles. The van der Waals surface area contributed by atoms with Crippen molar-refractivity contribution in [2.45, 2.75) is 6.92 Å². The molecule has 1 rings (SSSR count). The van der Waals surface area contributed by atoms with Crippen LogP contribution in [0, 0.1) is 5.92 Å². The molecule has 0 aromatic heterocycles. The first-order valence-electron chi connectivity index (χ1n) is 4.35.